The van der Waals surface area contributed by atoms with Crippen molar-refractivity contribution in [3.05, 3.63) is 27.3 Å². The molecular formula is C14H18INO4S. The van der Waals surface area contributed by atoms with E-state index in [9.17, 15) is 13.2 Å². The van der Waals surface area contributed by atoms with Crippen LogP contribution in [0.1, 0.15) is 24.8 Å². The Morgan fingerprint density at radius 2 is 2.10 bits per heavy atom. The lowest BCUT2D eigenvalue weighted by atomic mass is 10.1. The Bertz CT molecular complexity index is 644. The molecule has 2 rings (SSSR count). The molecule has 5 nitrogen and oxygen atoms in total. The molecule has 116 valence electrons. The standard InChI is InChI=1S/C14H18INO4S/c1-9-6-7-10(8-12(9)15)16-21(18,19)13-5-3-4-11(13)14(17)20-2/h6-8,11,13,16H,3-5H2,1-2H3. The molecular weight excluding hydrogens is 405 g/mol. The summed E-state index contributed by atoms with van der Waals surface area (Å²) in [5.74, 6) is -1.02. The van der Waals surface area contributed by atoms with Crippen molar-refractivity contribution in [1.29, 1.82) is 0 Å². The summed E-state index contributed by atoms with van der Waals surface area (Å²) in [4.78, 5) is 11.7. The summed E-state index contributed by atoms with van der Waals surface area (Å²) in [5.41, 5.74) is 1.62. The minimum Gasteiger partial charge on any atom is -0.469 e. The molecule has 0 heterocycles. The zero-order valence-electron chi connectivity index (χ0n) is 11.9. The van der Waals surface area contributed by atoms with E-state index in [1.165, 1.54) is 7.11 Å². The van der Waals surface area contributed by atoms with Gasteiger partial charge in [-0.05, 0) is 60.1 Å². The van der Waals surface area contributed by atoms with Gasteiger partial charge in [-0.2, -0.15) is 0 Å². The van der Waals surface area contributed by atoms with Crippen molar-refractivity contribution in [2.45, 2.75) is 31.4 Å². The molecule has 1 aromatic carbocycles. The molecule has 1 fully saturated rings. The van der Waals surface area contributed by atoms with E-state index >= 15 is 0 Å². The highest BCUT2D eigenvalue weighted by Crippen LogP contribution is 2.33. The maximum absolute atomic E-state index is 12.5. The average Bonchev–Trinajstić information content (AvgIpc) is 2.92. The van der Waals surface area contributed by atoms with Crippen LogP contribution in [0.3, 0.4) is 0 Å². The Labute approximate surface area is 138 Å². The van der Waals surface area contributed by atoms with Gasteiger partial charge in [0, 0.05) is 9.26 Å². The zero-order chi connectivity index (χ0) is 15.6. The molecule has 1 saturated carbocycles. The van der Waals surface area contributed by atoms with Crippen molar-refractivity contribution in [2.75, 3.05) is 11.8 Å². The second-order valence-corrected chi connectivity index (χ2v) is 8.27. The summed E-state index contributed by atoms with van der Waals surface area (Å²) in [5, 5.41) is -0.719. The number of esters is 1. The third-order valence-electron chi connectivity index (χ3n) is 3.79. The molecule has 21 heavy (non-hydrogen) atoms. The van der Waals surface area contributed by atoms with E-state index in [4.69, 9.17) is 4.74 Å². The molecule has 0 radical (unpaired) electrons. The smallest absolute Gasteiger partial charge is 0.310 e. The van der Waals surface area contributed by atoms with Crippen molar-refractivity contribution in [3.8, 4) is 0 Å². The van der Waals surface area contributed by atoms with Crippen LogP contribution in [0.4, 0.5) is 5.69 Å². The monoisotopic (exact) mass is 423 g/mol. The number of anilines is 1. The lowest BCUT2D eigenvalue weighted by molar-refractivity contribution is -0.145. The zero-order valence-corrected chi connectivity index (χ0v) is 14.9. The Morgan fingerprint density at radius 1 is 1.38 bits per heavy atom. The second-order valence-electron chi connectivity index (χ2n) is 5.21. The van der Waals surface area contributed by atoms with Crippen LogP contribution in [0, 0.1) is 16.4 Å². The van der Waals surface area contributed by atoms with Crippen LogP contribution in [0.2, 0.25) is 0 Å². The molecule has 0 aliphatic heterocycles. The number of carbonyl (C=O) groups is 1. The summed E-state index contributed by atoms with van der Waals surface area (Å²) >= 11 is 2.16. The Balaban J connectivity index is 2.21. The van der Waals surface area contributed by atoms with Gasteiger partial charge in [0.15, 0.2) is 0 Å². The van der Waals surface area contributed by atoms with Gasteiger partial charge in [0.05, 0.1) is 18.3 Å². The summed E-state index contributed by atoms with van der Waals surface area (Å²) in [6.45, 7) is 1.96. The van der Waals surface area contributed by atoms with Crippen LogP contribution in [-0.2, 0) is 19.6 Å². The van der Waals surface area contributed by atoms with Crippen LogP contribution in [0.15, 0.2) is 18.2 Å². The number of aryl methyl sites for hydroxylation is 1. The van der Waals surface area contributed by atoms with Gasteiger partial charge in [-0.3, -0.25) is 9.52 Å². The van der Waals surface area contributed by atoms with Gasteiger partial charge in [-0.25, -0.2) is 8.42 Å². The predicted molar refractivity (Wildman–Crippen MR) is 89.6 cm³/mol. The summed E-state index contributed by atoms with van der Waals surface area (Å²) < 4.78 is 33.3. The SMILES string of the molecule is COC(=O)C1CCCC1S(=O)(=O)Nc1ccc(C)c(I)c1. The molecule has 0 spiro atoms. The van der Waals surface area contributed by atoms with E-state index < -0.39 is 27.2 Å². The molecule has 2 atom stereocenters. The number of halogens is 1. The second kappa shape index (κ2) is 6.51. The first-order valence-corrected chi connectivity index (χ1v) is 9.33. The summed E-state index contributed by atoms with van der Waals surface area (Å²) in [6.07, 6.45) is 1.76. The quantitative estimate of drug-likeness (QED) is 0.597. The van der Waals surface area contributed by atoms with Gasteiger partial charge in [0.1, 0.15) is 0 Å². The molecule has 0 amide bonds. The largest absolute Gasteiger partial charge is 0.469 e. The number of nitrogens with one attached hydrogen (secondary N) is 1. The molecule has 0 bridgehead atoms. The molecule has 1 aliphatic rings. The van der Waals surface area contributed by atoms with Gasteiger partial charge in [-0.15, -0.1) is 0 Å². The van der Waals surface area contributed by atoms with E-state index in [1.807, 2.05) is 13.0 Å². The van der Waals surface area contributed by atoms with E-state index in [0.717, 1.165) is 15.6 Å². The first-order chi connectivity index (χ1) is 9.85. The summed E-state index contributed by atoms with van der Waals surface area (Å²) in [7, 11) is -2.31. The van der Waals surface area contributed by atoms with Crippen LogP contribution in [-0.4, -0.2) is 26.7 Å². The minimum absolute atomic E-state index is 0.443. The predicted octanol–water partition coefficient (Wildman–Crippen LogP) is 2.68. The number of methoxy groups -OCH3 is 1. The molecule has 0 saturated heterocycles. The fraction of sp³-hybridized carbons (Fsp3) is 0.500. The lowest BCUT2D eigenvalue weighted by Gasteiger charge is -2.19. The number of hydrogen-bond acceptors (Lipinski definition) is 4. The highest BCUT2D eigenvalue weighted by molar-refractivity contribution is 14.1. The number of benzene rings is 1. The topological polar surface area (TPSA) is 72.5 Å². The van der Waals surface area contributed by atoms with Crippen LogP contribution < -0.4 is 4.72 Å². The van der Waals surface area contributed by atoms with Gasteiger partial charge in [-0.1, -0.05) is 12.5 Å². The summed E-state index contributed by atoms with van der Waals surface area (Å²) in [6, 6.07) is 5.39. The van der Waals surface area contributed by atoms with E-state index in [1.54, 1.807) is 12.1 Å². The van der Waals surface area contributed by atoms with Gasteiger partial charge in [0.2, 0.25) is 10.0 Å². The molecule has 7 heteroatoms. The third-order valence-corrected chi connectivity index (χ3v) is 6.83. The van der Waals surface area contributed by atoms with Crippen LogP contribution in [0.25, 0.3) is 0 Å². The molecule has 1 aliphatic carbocycles. The van der Waals surface area contributed by atoms with Gasteiger partial charge in [0.25, 0.3) is 0 Å². The minimum atomic E-state index is -3.60. The highest BCUT2D eigenvalue weighted by Gasteiger charge is 2.42. The lowest BCUT2D eigenvalue weighted by Crippen LogP contribution is -2.35. The fourth-order valence-electron chi connectivity index (χ4n) is 2.61. The van der Waals surface area contributed by atoms with Crippen molar-refractivity contribution in [1.82, 2.24) is 0 Å². The van der Waals surface area contributed by atoms with Crippen molar-refractivity contribution in [3.63, 3.8) is 0 Å². The maximum Gasteiger partial charge on any atom is 0.310 e. The van der Waals surface area contributed by atoms with E-state index in [2.05, 4.69) is 27.3 Å². The van der Waals surface area contributed by atoms with Crippen molar-refractivity contribution >= 4 is 44.3 Å². The highest BCUT2D eigenvalue weighted by atomic mass is 127. The van der Waals surface area contributed by atoms with Gasteiger partial charge < -0.3 is 4.74 Å². The normalized spacial score (nSPS) is 22.0. The maximum atomic E-state index is 12.5. The number of hydrogen-bond donors (Lipinski definition) is 1. The fourth-order valence-corrected chi connectivity index (χ4v) is 4.89. The molecule has 2 unspecified atom stereocenters. The Morgan fingerprint density at radius 3 is 2.71 bits per heavy atom. The van der Waals surface area contributed by atoms with Crippen molar-refractivity contribution in [2.24, 2.45) is 5.92 Å². The van der Waals surface area contributed by atoms with Gasteiger partial charge >= 0.3 is 5.97 Å². The van der Waals surface area contributed by atoms with Crippen LogP contribution >= 0.6 is 22.6 Å². The Kier molecular flexibility index (Phi) is 5.13. The van der Waals surface area contributed by atoms with E-state index in [-0.39, 0.29) is 0 Å². The third kappa shape index (κ3) is 3.68. The Hall–Kier alpha value is -0.830. The first-order valence-electron chi connectivity index (χ1n) is 6.71. The number of ether oxygens (including phenoxy) is 1. The number of sulfonamides is 1. The number of carbonyl (C=O) groups excluding carboxylic acids is 1. The number of rotatable bonds is 4. The first kappa shape index (κ1) is 16.5. The van der Waals surface area contributed by atoms with Crippen LogP contribution in [0.5, 0.6) is 0 Å². The molecule has 1 aromatic rings. The molecule has 1 N–H and O–H groups in total. The van der Waals surface area contributed by atoms with E-state index in [0.29, 0.717) is 18.5 Å². The van der Waals surface area contributed by atoms with Crippen molar-refractivity contribution < 1.29 is 17.9 Å². The average molecular weight is 423 g/mol. The molecule has 0 aromatic heterocycles.